The van der Waals surface area contributed by atoms with E-state index in [0.29, 0.717) is 24.1 Å². The summed E-state index contributed by atoms with van der Waals surface area (Å²) >= 11 is 0. The maximum atomic E-state index is 12.5. The van der Waals surface area contributed by atoms with Gasteiger partial charge in [0.15, 0.2) is 6.61 Å². The molecule has 2 amide bonds. The van der Waals surface area contributed by atoms with Gasteiger partial charge in [0, 0.05) is 25.2 Å². The lowest BCUT2D eigenvalue weighted by atomic mass is 10.0. The number of nitrogens with zero attached hydrogens (tertiary/aromatic N) is 1. The highest BCUT2D eigenvalue weighted by Gasteiger charge is 2.23. The van der Waals surface area contributed by atoms with Crippen molar-refractivity contribution in [3.05, 3.63) is 64.7 Å². The highest BCUT2D eigenvalue weighted by atomic mass is 16.5. The molecule has 1 aliphatic rings. The molecule has 3 rings (SSSR count). The van der Waals surface area contributed by atoms with Crippen LogP contribution in [-0.4, -0.2) is 36.4 Å². The largest absolute Gasteiger partial charge is 0.483 e. The first kappa shape index (κ1) is 20.9. The number of hydrogen-bond acceptors (Lipinski definition) is 3. The number of likely N-dealkylation sites (N-methyl/N-ethyl adjacent to an activating group) is 1. The van der Waals surface area contributed by atoms with Crippen LogP contribution in [0.1, 0.15) is 59.7 Å². The molecule has 1 saturated carbocycles. The van der Waals surface area contributed by atoms with Crippen molar-refractivity contribution in [2.75, 3.05) is 13.7 Å². The minimum Gasteiger partial charge on any atom is -0.483 e. The van der Waals surface area contributed by atoms with E-state index in [1.165, 1.54) is 0 Å². The molecule has 0 radical (unpaired) electrons. The van der Waals surface area contributed by atoms with Crippen molar-refractivity contribution in [3.63, 3.8) is 0 Å². The monoisotopic (exact) mass is 394 g/mol. The second kappa shape index (κ2) is 9.12. The number of benzene rings is 2. The number of amides is 2. The predicted octanol–water partition coefficient (Wildman–Crippen LogP) is 4.05. The molecule has 29 heavy (non-hydrogen) atoms. The number of carbonyl (C=O) groups is 2. The zero-order chi connectivity index (χ0) is 21.0. The van der Waals surface area contributed by atoms with E-state index in [1.807, 2.05) is 37.3 Å². The third-order valence-electron chi connectivity index (χ3n) is 5.12. The lowest BCUT2D eigenvalue weighted by Gasteiger charge is -2.19. The molecule has 0 unspecified atom stereocenters. The van der Waals surface area contributed by atoms with E-state index in [-0.39, 0.29) is 18.4 Å². The zero-order valence-corrected chi connectivity index (χ0v) is 17.7. The van der Waals surface area contributed by atoms with E-state index in [2.05, 4.69) is 31.3 Å². The van der Waals surface area contributed by atoms with Gasteiger partial charge in [-0.3, -0.25) is 9.59 Å². The molecule has 2 aromatic rings. The van der Waals surface area contributed by atoms with Gasteiger partial charge in [-0.2, -0.15) is 0 Å². The summed E-state index contributed by atoms with van der Waals surface area (Å²) in [5.74, 6) is 0.981. The number of nitrogens with one attached hydrogen (secondary N) is 1. The fraction of sp³-hybridized carbons (Fsp3) is 0.417. The van der Waals surface area contributed by atoms with Gasteiger partial charge in [-0.05, 0) is 60.6 Å². The first-order chi connectivity index (χ1) is 13.8. The maximum Gasteiger partial charge on any atom is 0.260 e. The number of aryl methyl sites for hydroxylation is 1. The third-order valence-corrected chi connectivity index (χ3v) is 5.12. The van der Waals surface area contributed by atoms with Crippen molar-refractivity contribution in [2.24, 2.45) is 0 Å². The van der Waals surface area contributed by atoms with Gasteiger partial charge >= 0.3 is 0 Å². The molecule has 0 saturated heterocycles. The van der Waals surface area contributed by atoms with Gasteiger partial charge in [0.1, 0.15) is 5.75 Å². The molecule has 0 bridgehead atoms. The maximum absolute atomic E-state index is 12.5. The minimum atomic E-state index is -0.0863. The van der Waals surface area contributed by atoms with Crippen LogP contribution in [0.3, 0.4) is 0 Å². The molecule has 0 spiro atoms. The Morgan fingerprint density at radius 2 is 1.83 bits per heavy atom. The normalized spacial score (nSPS) is 13.3. The van der Waals surface area contributed by atoms with Crippen molar-refractivity contribution >= 4 is 11.8 Å². The Morgan fingerprint density at radius 1 is 1.14 bits per heavy atom. The van der Waals surface area contributed by atoms with Gasteiger partial charge in [-0.25, -0.2) is 0 Å². The highest BCUT2D eigenvalue weighted by molar-refractivity contribution is 5.94. The summed E-state index contributed by atoms with van der Waals surface area (Å²) < 4.78 is 5.85. The molecule has 1 fully saturated rings. The Bertz CT molecular complexity index is 870. The van der Waals surface area contributed by atoms with Gasteiger partial charge in [0.05, 0.1) is 0 Å². The van der Waals surface area contributed by atoms with Crippen LogP contribution >= 0.6 is 0 Å². The van der Waals surface area contributed by atoms with E-state index in [4.69, 9.17) is 4.74 Å². The lowest BCUT2D eigenvalue weighted by molar-refractivity contribution is -0.132. The summed E-state index contributed by atoms with van der Waals surface area (Å²) in [4.78, 5) is 26.2. The van der Waals surface area contributed by atoms with Crippen LogP contribution in [0.2, 0.25) is 0 Å². The molecular weight excluding hydrogens is 364 g/mol. The van der Waals surface area contributed by atoms with Crippen LogP contribution in [0.25, 0.3) is 0 Å². The molecule has 5 nitrogen and oxygen atoms in total. The van der Waals surface area contributed by atoms with Crippen molar-refractivity contribution in [3.8, 4) is 5.75 Å². The molecule has 0 aromatic heterocycles. The van der Waals surface area contributed by atoms with Crippen LogP contribution < -0.4 is 10.1 Å². The van der Waals surface area contributed by atoms with Crippen LogP contribution in [0.5, 0.6) is 5.75 Å². The van der Waals surface area contributed by atoms with E-state index >= 15 is 0 Å². The molecule has 1 N–H and O–H groups in total. The number of hydrogen-bond donors (Lipinski definition) is 1. The topological polar surface area (TPSA) is 58.6 Å². The van der Waals surface area contributed by atoms with Crippen LogP contribution in [0.4, 0.5) is 0 Å². The van der Waals surface area contributed by atoms with Crippen molar-refractivity contribution in [1.82, 2.24) is 10.2 Å². The summed E-state index contributed by atoms with van der Waals surface area (Å²) in [6, 6.07) is 13.8. The van der Waals surface area contributed by atoms with E-state index in [9.17, 15) is 9.59 Å². The lowest BCUT2D eigenvalue weighted by Crippen LogP contribution is -2.31. The Hall–Kier alpha value is -2.82. The van der Waals surface area contributed by atoms with E-state index < -0.39 is 0 Å². The summed E-state index contributed by atoms with van der Waals surface area (Å²) in [7, 11) is 1.76. The smallest absolute Gasteiger partial charge is 0.260 e. The first-order valence-electron chi connectivity index (χ1n) is 10.2. The van der Waals surface area contributed by atoms with E-state index in [1.54, 1.807) is 11.9 Å². The fourth-order valence-corrected chi connectivity index (χ4v) is 3.11. The molecule has 0 heterocycles. The highest BCUT2D eigenvalue weighted by Crippen LogP contribution is 2.27. The number of rotatable bonds is 8. The molecule has 154 valence electrons. The van der Waals surface area contributed by atoms with Gasteiger partial charge in [0.2, 0.25) is 0 Å². The summed E-state index contributed by atoms with van der Waals surface area (Å²) in [5, 5.41) is 2.98. The molecule has 2 aromatic carbocycles. The van der Waals surface area contributed by atoms with Gasteiger partial charge < -0.3 is 15.0 Å². The Morgan fingerprint density at radius 3 is 2.45 bits per heavy atom. The van der Waals surface area contributed by atoms with Crippen molar-refractivity contribution in [2.45, 2.75) is 52.1 Å². The summed E-state index contributed by atoms with van der Waals surface area (Å²) in [5.41, 5.74) is 3.84. The van der Waals surface area contributed by atoms with Gasteiger partial charge in [0.25, 0.3) is 11.8 Å². The zero-order valence-electron chi connectivity index (χ0n) is 17.7. The Balaban J connectivity index is 1.54. The number of carbonyl (C=O) groups excluding carboxylic acids is 2. The second-order valence-corrected chi connectivity index (χ2v) is 8.18. The van der Waals surface area contributed by atoms with Crippen molar-refractivity contribution in [1.29, 1.82) is 0 Å². The Kier molecular flexibility index (Phi) is 6.57. The first-order valence-corrected chi connectivity index (χ1v) is 10.2. The quantitative estimate of drug-likeness (QED) is 0.735. The Labute approximate surface area is 173 Å². The molecule has 0 atom stereocenters. The fourth-order valence-electron chi connectivity index (χ4n) is 3.11. The van der Waals surface area contributed by atoms with Crippen LogP contribution in [0, 0.1) is 6.92 Å². The van der Waals surface area contributed by atoms with E-state index in [0.717, 1.165) is 35.3 Å². The SMILES string of the molecule is Cc1ccc(C(C)C)c(OCC(=O)N(C)Cc2ccc(C(=O)NC3CC3)cc2)c1. The summed E-state index contributed by atoms with van der Waals surface area (Å²) in [6.07, 6.45) is 2.14. The van der Waals surface area contributed by atoms with Crippen LogP contribution in [0.15, 0.2) is 42.5 Å². The third kappa shape index (κ3) is 5.83. The molecule has 5 heteroatoms. The minimum absolute atomic E-state index is 0.00154. The van der Waals surface area contributed by atoms with Crippen LogP contribution in [-0.2, 0) is 11.3 Å². The standard InChI is InChI=1S/C24H30N2O3/c1-16(2)21-12-5-17(3)13-22(21)29-15-23(27)26(4)14-18-6-8-19(9-7-18)24(28)25-20-10-11-20/h5-9,12-13,16,20H,10-11,14-15H2,1-4H3,(H,25,28). The number of ether oxygens (including phenoxy) is 1. The average molecular weight is 395 g/mol. The second-order valence-electron chi connectivity index (χ2n) is 8.18. The summed E-state index contributed by atoms with van der Waals surface area (Å²) in [6.45, 7) is 6.71. The van der Waals surface area contributed by atoms with Gasteiger partial charge in [-0.15, -0.1) is 0 Å². The average Bonchev–Trinajstić information content (AvgIpc) is 3.50. The van der Waals surface area contributed by atoms with Crippen molar-refractivity contribution < 1.29 is 14.3 Å². The molecular formula is C24H30N2O3. The van der Waals surface area contributed by atoms with Gasteiger partial charge in [-0.1, -0.05) is 38.1 Å². The molecule has 0 aliphatic heterocycles. The molecule has 1 aliphatic carbocycles. The predicted molar refractivity (Wildman–Crippen MR) is 114 cm³/mol.